The molecule has 0 saturated heterocycles. The molecule has 0 aliphatic carbocycles. The summed E-state index contributed by atoms with van der Waals surface area (Å²) in [5.74, 6) is 0. The van der Waals surface area contributed by atoms with Gasteiger partial charge in [-0.25, -0.2) is 0 Å². The molecule has 0 heterocycles. The Labute approximate surface area is 50.5 Å². The Morgan fingerprint density at radius 3 is 1.33 bits per heavy atom. The third-order valence-corrected chi connectivity index (χ3v) is 0. The van der Waals surface area contributed by atoms with Gasteiger partial charge in [0.25, 0.3) is 0 Å². The van der Waals surface area contributed by atoms with Crippen LogP contribution in [0.4, 0.5) is 0 Å². The van der Waals surface area contributed by atoms with Crippen LogP contribution in [-0.2, 0) is 24.7 Å². The molecule has 6 heavy (non-hydrogen) atoms. The Hall–Kier alpha value is 0.583. The van der Waals surface area contributed by atoms with Gasteiger partial charge in [-0.1, -0.05) is 0 Å². The fourth-order valence-electron chi connectivity index (χ4n) is 0. The normalized spacial score (nSPS) is 3.00. The Morgan fingerprint density at radius 2 is 1.33 bits per heavy atom. The van der Waals surface area contributed by atoms with Crippen LogP contribution >= 0.6 is 19.4 Å². The van der Waals surface area contributed by atoms with Crippen molar-refractivity contribution in [2.75, 3.05) is 0 Å². The average Bonchev–Trinajstić information content (AvgIpc) is 1.39. The quantitative estimate of drug-likeness (QED) is 0.517. The average molecular weight is 180 g/mol. The van der Waals surface area contributed by atoms with E-state index in [1.807, 2.05) is 0 Å². The van der Waals surface area contributed by atoms with Gasteiger partial charge < -0.3 is 0 Å². The Balaban J connectivity index is 0. The first-order valence-electron chi connectivity index (χ1n) is 0.943. The monoisotopic (exact) mass is 178 g/mol. The Kier molecular flexibility index (Phi) is 28.6. The van der Waals surface area contributed by atoms with Crippen molar-refractivity contribution in [2.45, 2.75) is 0 Å². The van der Waals surface area contributed by atoms with Crippen molar-refractivity contribution in [1.29, 1.82) is 0 Å². The molecule has 0 saturated carbocycles. The number of rotatable bonds is 0. The maximum atomic E-state index is 8.12. The minimum atomic E-state index is -0.931. The molecule has 0 radical (unpaired) electrons. The van der Waals surface area contributed by atoms with Crippen LogP contribution in [0, 0.1) is 0 Å². The minimum absolute atomic E-state index is 0.250. The van der Waals surface area contributed by atoms with E-state index in [0.29, 0.717) is 0 Å². The van der Waals surface area contributed by atoms with Crippen LogP contribution in [0.2, 0.25) is 0 Å². The third kappa shape index (κ3) is 173. The Morgan fingerprint density at radius 1 is 1.33 bits per heavy atom. The zero-order valence-electron chi connectivity index (χ0n) is 2.78. The van der Waals surface area contributed by atoms with Crippen LogP contribution in [0.3, 0.4) is 0 Å². The molecule has 0 aromatic carbocycles. The van der Waals surface area contributed by atoms with Crippen molar-refractivity contribution in [3.8, 4) is 0 Å². The van der Waals surface area contributed by atoms with E-state index in [-0.39, 0.29) is 6.15 Å². The second-order valence-electron chi connectivity index (χ2n) is 0.184. The molecule has 0 aliphatic heterocycles. The van der Waals surface area contributed by atoms with E-state index < -0.39 is 15.1 Å². The molecule has 0 spiro atoms. The van der Waals surface area contributed by atoms with Gasteiger partial charge in [0.2, 0.25) is 0 Å². The summed E-state index contributed by atoms with van der Waals surface area (Å²) in [5, 5.41) is 0. The van der Waals surface area contributed by atoms with E-state index in [2.05, 4.69) is 0 Å². The van der Waals surface area contributed by atoms with Crippen molar-refractivity contribution in [1.82, 2.24) is 0 Å². The molecule has 32 valence electrons. The summed E-state index contributed by atoms with van der Waals surface area (Å²) >= 11 is -0.931. The van der Waals surface area contributed by atoms with Crippen molar-refractivity contribution in [3.05, 3.63) is 0 Å². The van der Waals surface area contributed by atoms with E-state index in [4.69, 9.17) is 29.0 Å². The van der Waals surface area contributed by atoms with Gasteiger partial charge >= 0.3 is 40.7 Å². The molecule has 0 aromatic heterocycles. The van der Waals surface area contributed by atoms with Crippen molar-refractivity contribution >= 4 is 25.5 Å². The summed E-state index contributed by atoms with van der Waals surface area (Å²) in [6.45, 7) is 0. The molecule has 0 bridgehead atoms. The summed E-state index contributed by atoms with van der Waals surface area (Å²) in [6.07, 6.45) is 0.250. The third-order valence-electron chi connectivity index (χ3n) is 0. The Bertz CT molecular complexity index is 40.8. The van der Waals surface area contributed by atoms with Gasteiger partial charge in [0, 0.05) is 0 Å². The molecule has 0 unspecified atom stereocenters. The molecule has 0 aromatic rings. The van der Waals surface area contributed by atoms with Gasteiger partial charge in [0.15, 0.2) is 0 Å². The van der Waals surface area contributed by atoms with E-state index in [1.165, 1.54) is 0 Å². The zero-order chi connectivity index (χ0) is 5.41. The van der Waals surface area contributed by atoms with Crippen LogP contribution in [0.1, 0.15) is 0 Å². The van der Waals surface area contributed by atoms with Crippen LogP contribution in [0.25, 0.3) is 0 Å². The van der Waals surface area contributed by atoms with Crippen LogP contribution in [0.15, 0.2) is 0 Å². The van der Waals surface area contributed by atoms with Gasteiger partial charge in [-0.15, -0.1) is 0 Å². The summed E-state index contributed by atoms with van der Waals surface area (Å²) in [6, 6.07) is 0. The predicted molar refractivity (Wildman–Crippen MR) is 16.7 cm³/mol. The summed E-state index contributed by atoms with van der Waals surface area (Å²) < 4.78 is 0. The maximum absolute atomic E-state index is 8.12. The first kappa shape index (κ1) is 9.77. The molecule has 0 N–H and O–H groups in total. The molecular weight excluding hydrogens is 180 g/mol. The number of carbonyl (C=O) groups excluding carboxylic acids is 2. The first-order valence-corrected chi connectivity index (χ1v) is 8.74. The van der Waals surface area contributed by atoms with Crippen molar-refractivity contribution in [2.24, 2.45) is 0 Å². The molecule has 0 amide bonds. The number of hydrogen-bond donors (Lipinski definition) is 0. The van der Waals surface area contributed by atoms with Crippen molar-refractivity contribution in [3.63, 3.8) is 0 Å². The van der Waals surface area contributed by atoms with Gasteiger partial charge in [-0.05, 0) is 0 Å². The molecule has 2 nitrogen and oxygen atoms in total. The number of hydrogen-bond acceptors (Lipinski definition) is 2. The predicted octanol–water partition coefficient (Wildman–Crippen LogP) is 0.793. The summed E-state index contributed by atoms with van der Waals surface area (Å²) in [7, 11) is 9.90. The first-order chi connectivity index (χ1) is 2.83. The molecular formula is CCl2O2Zn. The standard InChI is InChI=1S/CO2.2ClH.Zn/c2-1-3;;;/h;2*1H;/q;;;+2/p-2. The molecule has 0 fully saturated rings. The summed E-state index contributed by atoms with van der Waals surface area (Å²) in [4.78, 5) is 16.2. The topological polar surface area (TPSA) is 34.1 Å². The van der Waals surface area contributed by atoms with E-state index >= 15 is 0 Å². The van der Waals surface area contributed by atoms with E-state index in [1.54, 1.807) is 0 Å². The fraction of sp³-hybridized carbons (Fsp3) is 0. The fourth-order valence-corrected chi connectivity index (χ4v) is 0. The van der Waals surface area contributed by atoms with Crippen LogP contribution < -0.4 is 0 Å². The van der Waals surface area contributed by atoms with E-state index in [9.17, 15) is 0 Å². The second kappa shape index (κ2) is 17.6. The van der Waals surface area contributed by atoms with Gasteiger partial charge in [0.05, 0.1) is 0 Å². The molecule has 0 rings (SSSR count). The second-order valence-corrected chi connectivity index (χ2v) is 4.81. The van der Waals surface area contributed by atoms with E-state index in [0.717, 1.165) is 0 Å². The van der Waals surface area contributed by atoms with Gasteiger partial charge in [0.1, 0.15) is 0 Å². The van der Waals surface area contributed by atoms with Crippen LogP contribution in [-0.4, -0.2) is 6.15 Å². The summed E-state index contributed by atoms with van der Waals surface area (Å²) in [5.41, 5.74) is 0. The number of halogens is 2. The van der Waals surface area contributed by atoms with Crippen LogP contribution in [0.5, 0.6) is 0 Å². The zero-order valence-corrected chi connectivity index (χ0v) is 7.26. The molecule has 0 atom stereocenters. The van der Waals surface area contributed by atoms with Crippen molar-refractivity contribution < 1.29 is 24.7 Å². The molecule has 0 aliphatic rings. The van der Waals surface area contributed by atoms with Gasteiger partial charge in [-0.2, -0.15) is 9.59 Å². The SMILES string of the molecule is O=C=O.[Cl][Zn][Cl]. The molecule has 5 heteroatoms. The van der Waals surface area contributed by atoms with Gasteiger partial charge in [-0.3, -0.25) is 0 Å².